The first-order valence-corrected chi connectivity index (χ1v) is 6.83. The molecular weight excluding hydrogens is 274 g/mol. The summed E-state index contributed by atoms with van der Waals surface area (Å²) in [5, 5.41) is 0.112. The number of hydrogen-bond donors (Lipinski definition) is 2. The molecule has 0 aliphatic carbocycles. The summed E-state index contributed by atoms with van der Waals surface area (Å²) in [5.41, 5.74) is 6.24. The molecular formula is C11H10ClN3O2S. The topological polar surface area (TPSA) is 85.1 Å². The molecule has 0 aliphatic rings. The van der Waals surface area contributed by atoms with Gasteiger partial charge in [-0.15, -0.1) is 0 Å². The van der Waals surface area contributed by atoms with Crippen molar-refractivity contribution in [1.29, 1.82) is 0 Å². The van der Waals surface area contributed by atoms with Crippen molar-refractivity contribution in [1.82, 2.24) is 4.98 Å². The van der Waals surface area contributed by atoms with Gasteiger partial charge in [0.05, 0.1) is 16.9 Å². The second kappa shape index (κ2) is 4.83. The zero-order valence-electron chi connectivity index (χ0n) is 9.17. The van der Waals surface area contributed by atoms with Crippen LogP contribution in [-0.2, 0) is 10.0 Å². The van der Waals surface area contributed by atoms with E-state index in [1.165, 1.54) is 24.4 Å². The van der Waals surface area contributed by atoms with E-state index in [2.05, 4.69) is 9.71 Å². The Morgan fingerprint density at radius 2 is 2.06 bits per heavy atom. The number of nitrogens with zero attached hydrogens (tertiary/aromatic N) is 1. The lowest BCUT2D eigenvalue weighted by molar-refractivity contribution is 0.601. The summed E-state index contributed by atoms with van der Waals surface area (Å²) in [6.45, 7) is 0. The molecule has 94 valence electrons. The largest absolute Gasteiger partial charge is 0.399 e. The van der Waals surface area contributed by atoms with Crippen LogP contribution in [0.3, 0.4) is 0 Å². The lowest BCUT2D eigenvalue weighted by Crippen LogP contribution is -2.13. The van der Waals surface area contributed by atoms with E-state index in [0.717, 1.165) is 0 Å². The number of nitrogen functional groups attached to an aromatic ring is 1. The lowest BCUT2D eigenvalue weighted by atomic mass is 10.3. The molecule has 1 aromatic carbocycles. The van der Waals surface area contributed by atoms with Gasteiger partial charge < -0.3 is 5.73 Å². The fraction of sp³-hybridized carbons (Fsp3) is 0. The Hall–Kier alpha value is -1.79. The first-order chi connectivity index (χ1) is 8.49. The van der Waals surface area contributed by atoms with Crippen LogP contribution in [0.2, 0.25) is 5.02 Å². The number of aromatic nitrogens is 1. The van der Waals surface area contributed by atoms with Gasteiger partial charge in [-0.25, -0.2) is 8.42 Å². The average Bonchev–Trinajstić information content (AvgIpc) is 2.33. The maximum absolute atomic E-state index is 12.1. The molecule has 0 saturated heterocycles. The van der Waals surface area contributed by atoms with Crippen molar-refractivity contribution in [3.63, 3.8) is 0 Å². The molecule has 7 heteroatoms. The molecule has 0 bridgehead atoms. The van der Waals surface area contributed by atoms with Gasteiger partial charge in [0, 0.05) is 11.9 Å². The Morgan fingerprint density at radius 1 is 1.28 bits per heavy atom. The first kappa shape index (κ1) is 12.7. The number of anilines is 2. The monoisotopic (exact) mass is 283 g/mol. The molecule has 0 aliphatic heterocycles. The Morgan fingerprint density at radius 3 is 2.72 bits per heavy atom. The highest BCUT2D eigenvalue weighted by Gasteiger charge is 2.18. The fourth-order valence-corrected chi connectivity index (χ4v) is 2.94. The molecule has 5 nitrogen and oxygen atoms in total. The number of rotatable bonds is 3. The molecule has 2 rings (SSSR count). The van der Waals surface area contributed by atoms with Gasteiger partial charge in [0.15, 0.2) is 0 Å². The molecule has 0 amide bonds. The summed E-state index contributed by atoms with van der Waals surface area (Å²) in [4.78, 5) is 3.76. The minimum Gasteiger partial charge on any atom is -0.399 e. The predicted molar refractivity (Wildman–Crippen MR) is 70.9 cm³/mol. The zero-order chi connectivity index (χ0) is 13.2. The number of halogens is 1. The van der Waals surface area contributed by atoms with E-state index >= 15 is 0 Å². The molecule has 2 aromatic rings. The summed E-state index contributed by atoms with van der Waals surface area (Å²) in [5.74, 6) is 0. The van der Waals surface area contributed by atoms with Crippen molar-refractivity contribution >= 4 is 33.0 Å². The van der Waals surface area contributed by atoms with Gasteiger partial charge in [0.1, 0.15) is 4.90 Å². The maximum atomic E-state index is 12.1. The van der Waals surface area contributed by atoms with E-state index in [4.69, 9.17) is 17.3 Å². The fourth-order valence-electron chi connectivity index (χ4n) is 1.36. The predicted octanol–water partition coefficient (Wildman–Crippen LogP) is 2.12. The van der Waals surface area contributed by atoms with Gasteiger partial charge in [0.25, 0.3) is 10.0 Å². The van der Waals surface area contributed by atoms with Crippen LogP contribution in [0.25, 0.3) is 0 Å². The molecule has 1 heterocycles. The number of pyridine rings is 1. The highest BCUT2D eigenvalue weighted by Crippen LogP contribution is 2.25. The number of nitrogens with one attached hydrogen (secondary N) is 1. The van der Waals surface area contributed by atoms with Crippen LogP contribution in [0.4, 0.5) is 11.4 Å². The van der Waals surface area contributed by atoms with E-state index in [1.807, 2.05) is 0 Å². The zero-order valence-corrected chi connectivity index (χ0v) is 10.7. The van der Waals surface area contributed by atoms with Crippen LogP contribution in [0, 0.1) is 0 Å². The van der Waals surface area contributed by atoms with Crippen LogP contribution in [-0.4, -0.2) is 13.4 Å². The van der Waals surface area contributed by atoms with Crippen molar-refractivity contribution in [2.24, 2.45) is 0 Å². The third-order valence-corrected chi connectivity index (χ3v) is 4.02. The third kappa shape index (κ3) is 2.72. The lowest BCUT2D eigenvalue weighted by Gasteiger charge is -2.09. The molecule has 0 atom stereocenters. The summed E-state index contributed by atoms with van der Waals surface area (Å²) in [6.07, 6.45) is 2.95. The van der Waals surface area contributed by atoms with Crippen molar-refractivity contribution in [3.8, 4) is 0 Å². The van der Waals surface area contributed by atoms with Gasteiger partial charge in [-0.3, -0.25) is 9.71 Å². The normalized spacial score (nSPS) is 11.2. The highest BCUT2D eigenvalue weighted by molar-refractivity contribution is 7.92. The summed E-state index contributed by atoms with van der Waals surface area (Å²) < 4.78 is 26.6. The summed E-state index contributed by atoms with van der Waals surface area (Å²) in [6, 6.07) is 7.49. The van der Waals surface area contributed by atoms with Gasteiger partial charge in [0.2, 0.25) is 0 Å². The van der Waals surface area contributed by atoms with E-state index in [1.54, 1.807) is 18.3 Å². The van der Waals surface area contributed by atoms with Gasteiger partial charge in [-0.1, -0.05) is 11.6 Å². The molecule has 0 radical (unpaired) electrons. The Kier molecular flexibility index (Phi) is 3.40. The maximum Gasteiger partial charge on any atom is 0.263 e. The number of hydrogen-bond acceptors (Lipinski definition) is 4. The number of nitrogens with two attached hydrogens (primary N) is 1. The summed E-state index contributed by atoms with van der Waals surface area (Å²) in [7, 11) is -3.77. The third-order valence-electron chi connectivity index (χ3n) is 2.16. The van der Waals surface area contributed by atoms with Crippen LogP contribution >= 0.6 is 11.6 Å². The van der Waals surface area contributed by atoms with Crippen LogP contribution in [0.1, 0.15) is 0 Å². The number of sulfonamides is 1. The van der Waals surface area contributed by atoms with Gasteiger partial charge >= 0.3 is 0 Å². The van der Waals surface area contributed by atoms with Crippen molar-refractivity contribution in [2.45, 2.75) is 4.90 Å². The molecule has 0 unspecified atom stereocenters. The first-order valence-electron chi connectivity index (χ1n) is 4.97. The van der Waals surface area contributed by atoms with Gasteiger partial charge in [-0.2, -0.15) is 0 Å². The van der Waals surface area contributed by atoms with E-state index in [9.17, 15) is 8.42 Å². The van der Waals surface area contributed by atoms with E-state index in [0.29, 0.717) is 11.4 Å². The summed E-state index contributed by atoms with van der Waals surface area (Å²) >= 11 is 5.86. The second-order valence-electron chi connectivity index (χ2n) is 3.54. The molecule has 18 heavy (non-hydrogen) atoms. The minimum atomic E-state index is -3.77. The molecule has 3 N–H and O–H groups in total. The SMILES string of the molecule is Nc1ccc(Cl)c(S(=O)(=O)Nc2cccnc2)c1. The second-order valence-corrected chi connectivity index (χ2v) is 5.60. The van der Waals surface area contributed by atoms with Gasteiger partial charge in [-0.05, 0) is 30.3 Å². The molecule has 0 saturated carbocycles. The Balaban J connectivity index is 2.40. The van der Waals surface area contributed by atoms with Crippen molar-refractivity contribution in [2.75, 3.05) is 10.5 Å². The van der Waals surface area contributed by atoms with Crippen molar-refractivity contribution in [3.05, 3.63) is 47.7 Å². The van der Waals surface area contributed by atoms with Crippen LogP contribution in [0.15, 0.2) is 47.6 Å². The molecule has 1 aromatic heterocycles. The minimum absolute atomic E-state index is 0.0620. The standard InChI is InChI=1S/C11H10ClN3O2S/c12-10-4-3-8(13)6-11(10)18(16,17)15-9-2-1-5-14-7-9/h1-7,15H,13H2. The number of benzene rings is 1. The molecule has 0 fully saturated rings. The molecule has 0 spiro atoms. The highest BCUT2D eigenvalue weighted by atomic mass is 35.5. The smallest absolute Gasteiger partial charge is 0.263 e. The van der Waals surface area contributed by atoms with E-state index in [-0.39, 0.29) is 9.92 Å². The Labute approximate surface area is 110 Å². The van der Waals surface area contributed by atoms with Crippen LogP contribution < -0.4 is 10.5 Å². The van der Waals surface area contributed by atoms with E-state index < -0.39 is 10.0 Å². The quantitative estimate of drug-likeness (QED) is 0.845. The van der Waals surface area contributed by atoms with Crippen molar-refractivity contribution < 1.29 is 8.42 Å². The average molecular weight is 284 g/mol. The Bertz CT molecular complexity index is 659. The van der Waals surface area contributed by atoms with Crippen LogP contribution in [0.5, 0.6) is 0 Å².